The van der Waals surface area contributed by atoms with E-state index < -0.39 is 63.9 Å². The Labute approximate surface area is 171 Å². The van der Waals surface area contributed by atoms with Crippen molar-refractivity contribution in [3.8, 4) is 0 Å². The van der Waals surface area contributed by atoms with Gasteiger partial charge in [0.2, 0.25) is 0 Å². The van der Waals surface area contributed by atoms with Crippen LogP contribution in [-0.2, 0) is 4.79 Å². The van der Waals surface area contributed by atoms with Crippen LogP contribution in [-0.4, -0.2) is 62.6 Å². The molecule has 0 aliphatic carbocycles. The zero-order valence-electron chi connectivity index (χ0n) is 13.4. The Morgan fingerprint density at radius 3 is 1.10 bits per heavy atom. The molecule has 0 saturated heterocycles. The third-order valence-electron chi connectivity index (χ3n) is 3.49. The van der Waals surface area contributed by atoms with E-state index in [1.807, 2.05) is 0 Å². The van der Waals surface area contributed by atoms with Gasteiger partial charge in [-0.2, -0.15) is 74.6 Å². The highest BCUT2D eigenvalue weighted by Crippen LogP contribution is 2.64. The second kappa shape index (κ2) is 7.80. The molecule has 0 heterocycles. The van der Waals surface area contributed by atoms with Crippen molar-refractivity contribution in [3.05, 3.63) is 0 Å². The van der Waals surface area contributed by atoms with E-state index in [9.17, 15) is 79.4 Å². The number of carboxylic acids is 1. The zero-order valence-corrected chi connectivity index (χ0v) is 15.6. The first-order chi connectivity index (χ1) is 13.1. The van der Waals surface area contributed by atoms with Gasteiger partial charge < -0.3 is 5.11 Å². The van der Waals surface area contributed by atoms with Crippen molar-refractivity contribution in [3.63, 3.8) is 0 Å². The van der Waals surface area contributed by atoms with E-state index in [0.29, 0.717) is 22.6 Å². The molecule has 0 fully saturated rings. The smallest absolute Gasteiger partial charge is 0.460 e. The van der Waals surface area contributed by atoms with E-state index in [0.717, 1.165) is 0 Å². The van der Waals surface area contributed by atoms with Gasteiger partial charge in [0.1, 0.15) is 3.92 Å². The molecule has 20 heteroatoms. The van der Waals surface area contributed by atoms with Crippen molar-refractivity contribution >= 4 is 28.6 Å². The number of hydrogen-bond donors (Lipinski definition) is 1. The van der Waals surface area contributed by atoms with E-state index in [4.69, 9.17) is 5.11 Å². The minimum atomic E-state index is -8.70. The number of alkyl halides is 18. The van der Waals surface area contributed by atoms with Gasteiger partial charge in [0.15, 0.2) is 0 Å². The van der Waals surface area contributed by atoms with Gasteiger partial charge in [-0.05, 0) is 0 Å². The van der Waals surface area contributed by atoms with E-state index in [-0.39, 0.29) is 0 Å². The number of hydrogen-bond acceptors (Lipinski definition) is 1. The van der Waals surface area contributed by atoms with Crippen LogP contribution < -0.4 is 0 Å². The summed E-state index contributed by atoms with van der Waals surface area (Å²) in [6.07, 6.45) is -10.8. The van der Waals surface area contributed by atoms with Crippen LogP contribution in [0, 0.1) is 0 Å². The van der Waals surface area contributed by atoms with Gasteiger partial charge in [-0.3, -0.25) is 4.79 Å². The van der Waals surface area contributed by atoms with Crippen molar-refractivity contribution in [1.82, 2.24) is 0 Å². The maximum absolute atomic E-state index is 13.4. The predicted molar refractivity (Wildman–Crippen MR) is 70.7 cm³/mol. The van der Waals surface area contributed by atoms with Gasteiger partial charge in [0.25, 0.3) is 0 Å². The molecule has 0 aromatic rings. The number of carboxylic acid groups (broad SMARTS) is 1. The molecule has 0 aliphatic heterocycles. The second-order valence-electron chi connectivity index (χ2n) is 5.66. The lowest BCUT2D eigenvalue weighted by Crippen LogP contribution is -2.74. The first kappa shape index (κ1) is 30.0. The summed E-state index contributed by atoms with van der Waals surface area (Å²) in [6, 6.07) is 0. The molecule has 0 saturated carbocycles. The van der Waals surface area contributed by atoms with Crippen molar-refractivity contribution in [1.29, 1.82) is 0 Å². The largest absolute Gasteiger partial charge is 0.480 e. The van der Waals surface area contributed by atoms with Crippen LogP contribution in [0.1, 0.15) is 6.42 Å². The lowest BCUT2D eigenvalue weighted by molar-refractivity contribution is -0.461. The Balaban J connectivity index is 6.66. The summed E-state index contributed by atoms with van der Waals surface area (Å²) < 4.78 is 217. The topological polar surface area (TPSA) is 37.3 Å². The molecule has 186 valence electrons. The lowest BCUT2D eigenvalue weighted by atomic mass is 9.88. The Morgan fingerprint density at radius 2 is 0.839 bits per heavy atom. The summed E-state index contributed by atoms with van der Waals surface area (Å²) in [7, 11) is 0. The third-order valence-corrected chi connectivity index (χ3v) is 4.46. The number of aliphatic carboxylic acids is 1. The molecule has 0 bridgehead atoms. The van der Waals surface area contributed by atoms with Crippen molar-refractivity contribution in [2.75, 3.05) is 0 Å². The lowest BCUT2D eigenvalue weighted by Gasteiger charge is -2.42. The Kier molecular flexibility index (Phi) is 7.55. The molecule has 0 aromatic heterocycles. The van der Waals surface area contributed by atoms with Crippen LogP contribution in [0.25, 0.3) is 0 Å². The zero-order chi connectivity index (χ0) is 25.9. The predicted octanol–water partition coefficient (Wildman–Crippen LogP) is 6.27. The average molecular weight is 618 g/mol. The normalized spacial score (nSPS) is 17.0. The van der Waals surface area contributed by atoms with E-state index in [2.05, 4.69) is 0 Å². The van der Waals surface area contributed by atoms with Gasteiger partial charge in [-0.15, -0.1) is 0 Å². The molecule has 31 heavy (non-hydrogen) atoms. The highest BCUT2D eigenvalue weighted by Gasteiger charge is 2.95. The summed E-state index contributed by atoms with van der Waals surface area (Å²) >= 11 is 0.356. The molecule has 1 N–H and O–H groups in total. The summed E-state index contributed by atoms with van der Waals surface area (Å²) in [5.41, 5.74) is 0. The highest BCUT2D eigenvalue weighted by molar-refractivity contribution is 14.1. The van der Waals surface area contributed by atoms with Crippen LogP contribution in [0.4, 0.5) is 74.6 Å². The van der Waals surface area contributed by atoms with Gasteiger partial charge in [-0.1, -0.05) is 22.6 Å². The quantitative estimate of drug-likeness (QED) is 0.188. The molecule has 0 radical (unpaired) electrons. The van der Waals surface area contributed by atoms with Gasteiger partial charge >= 0.3 is 53.6 Å². The monoisotopic (exact) mass is 618 g/mol. The van der Waals surface area contributed by atoms with Crippen LogP contribution in [0.15, 0.2) is 0 Å². The molecule has 1 unspecified atom stereocenters. The van der Waals surface area contributed by atoms with Crippen molar-refractivity contribution < 1.29 is 84.5 Å². The van der Waals surface area contributed by atoms with E-state index in [1.54, 1.807) is 0 Å². The van der Waals surface area contributed by atoms with E-state index >= 15 is 0 Å². The number of halogens is 18. The average Bonchev–Trinajstić information content (AvgIpc) is 2.51. The minimum Gasteiger partial charge on any atom is -0.480 e. The highest BCUT2D eigenvalue weighted by atomic mass is 127. The van der Waals surface area contributed by atoms with Crippen molar-refractivity contribution in [2.45, 2.75) is 58.0 Å². The van der Waals surface area contributed by atoms with Gasteiger partial charge in [0.05, 0.1) is 0 Å². The molecular weight excluding hydrogens is 614 g/mol. The fourth-order valence-corrected chi connectivity index (χ4v) is 2.19. The minimum absolute atomic E-state index is 0.356. The van der Waals surface area contributed by atoms with Gasteiger partial charge in [0, 0.05) is 6.42 Å². The Bertz CT molecular complexity index is 682. The molecule has 0 spiro atoms. The molecule has 0 amide bonds. The molecule has 0 aliphatic rings. The van der Waals surface area contributed by atoms with E-state index in [1.165, 1.54) is 0 Å². The summed E-state index contributed by atoms with van der Waals surface area (Å²) in [5.74, 6) is -59.5. The van der Waals surface area contributed by atoms with Crippen LogP contribution in [0.5, 0.6) is 0 Å². The number of rotatable bonds is 9. The summed E-state index contributed by atoms with van der Waals surface area (Å²) in [5, 5.41) is 8.25. The summed E-state index contributed by atoms with van der Waals surface area (Å²) in [6.45, 7) is 0. The first-order valence-electron chi connectivity index (χ1n) is 6.66. The summed E-state index contributed by atoms with van der Waals surface area (Å²) in [4.78, 5) is 10.3. The van der Waals surface area contributed by atoms with Crippen LogP contribution in [0.3, 0.4) is 0 Å². The maximum atomic E-state index is 13.4. The maximum Gasteiger partial charge on any atom is 0.460 e. The van der Waals surface area contributed by atoms with Crippen LogP contribution in [0.2, 0.25) is 0 Å². The first-order valence-corrected chi connectivity index (χ1v) is 7.90. The molecule has 0 rings (SSSR count). The Hall–Kier alpha value is -0.990. The van der Waals surface area contributed by atoms with Crippen LogP contribution >= 0.6 is 22.6 Å². The van der Waals surface area contributed by atoms with Crippen molar-refractivity contribution in [2.24, 2.45) is 0 Å². The fourth-order valence-electron chi connectivity index (χ4n) is 1.64. The molecule has 1 atom stereocenters. The van der Waals surface area contributed by atoms with Gasteiger partial charge in [-0.25, -0.2) is 0 Å². The Morgan fingerprint density at radius 1 is 0.581 bits per heavy atom. The molecular formula is C11H4F17IO2. The second-order valence-corrected chi connectivity index (χ2v) is 7.16. The fraction of sp³-hybridized carbons (Fsp3) is 0.909. The third kappa shape index (κ3) is 4.20. The molecule has 2 nitrogen and oxygen atoms in total. The molecule has 0 aromatic carbocycles. The SMILES string of the molecule is O=C(O)C(I)CC(F)(F)C(F)(F)C(F)(F)C(F)(F)C(F)(F)C(F)(F)C(F)(F)C(F)(F)F. The number of carbonyl (C=O) groups is 1. The standard InChI is InChI=1S/C11H4F17IO2/c12-4(13,1-2(29)3(30)31)5(14,15)6(16,17)7(18,19)8(20,21)9(22,23)10(24,25)11(26,27)28/h2H,1H2,(H,30,31).